The molecule has 0 spiro atoms. The van der Waals surface area contributed by atoms with Gasteiger partial charge in [0, 0.05) is 7.05 Å². The number of amides is 1. The molecular weight excluding hydrogens is 190 g/mol. The van der Waals surface area contributed by atoms with Gasteiger partial charge < -0.3 is 9.84 Å². The Labute approximate surface area is 82.4 Å². The Morgan fingerprint density at radius 1 is 1.36 bits per heavy atom. The van der Waals surface area contributed by atoms with Crippen LogP contribution in [0.25, 0.3) is 0 Å². The van der Waals surface area contributed by atoms with Gasteiger partial charge in [-0.2, -0.15) is 5.06 Å². The summed E-state index contributed by atoms with van der Waals surface area (Å²) in [6.07, 6.45) is -0.723. The van der Waals surface area contributed by atoms with Crippen molar-refractivity contribution in [3.8, 4) is 0 Å². The average molecular weight is 205 g/mol. The summed E-state index contributed by atoms with van der Waals surface area (Å²) in [5, 5.41) is 9.02. The minimum absolute atomic E-state index is 0.574. The number of ether oxygens (including phenoxy) is 1. The Kier molecular flexibility index (Phi) is 4.36. The lowest BCUT2D eigenvalue weighted by Gasteiger charge is -2.23. The molecule has 0 aromatic rings. The third kappa shape index (κ3) is 6.24. The quantitative estimate of drug-likeness (QED) is 0.692. The maximum absolute atomic E-state index is 11.2. The highest BCUT2D eigenvalue weighted by molar-refractivity contribution is 5.69. The van der Waals surface area contributed by atoms with Crippen LogP contribution in [0.2, 0.25) is 0 Å². The summed E-state index contributed by atoms with van der Waals surface area (Å²) < 4.78 is 4.90. The number of carbonyl (C=O) groups excluding carboxylic acids is 1. The summed E-state index contributed by atoms with van der Waals surface area (Å²) in [5.74, 6) is -1.15. The molecule has 1 N–H and O–H groups in total. The molecule has 0 aromatic carbocycles. The Balaban J connectivity index is 3.94. The average Bonchev–Trinajstić information content (AvgIpc) is 1.96. The van der Waals surface area contributed by atoms with Gasteiger partial charge in [0.05, 0.1) is 0 Å². The molecule has 6 nitrogen and oxygen atoms in total. The first-order valence-corrected chi connectivity index (χ1v) is 4.04. The summed E-state index contributed by atoms with van der Waals surface area (Å²) >= 11 is 0. The van der Waals surface area contributed by atoms with Gasteiger partial charge in [-0.15, -0.1) is 0 Å². The van der Waals surface area contributed by atoms with Crippen LogP contribution < -0.4 is 0 Å². The second-order valence-corrected chi connectivity index (χ2v) is 3.64. The van der Waals surface area contributed by atoms with Crippen molar-refractivity contribution in [3.05, 3.63) is 0 Å². The standard InChI is InChI=1S/C8H15NO5/c1-8(2,3)14-7(12)9(4)13-5-6(10)11/h5H2,1-4H3,(H,10,11). The van der Waals surface area contributed by atoms with Crippen molar-refractivity contribution >= 4 is 12.1 Å². The number of carbonyl (C=O) groups is 2. The first-order valence-electron chi connectivity index (χ1n) is 4.04. The van der Waals surface area contributed by atoms with E-state index in [2.05, 4.69) is 4.84 Å². The van der Waals surface area contributed by atoms with Crippen LogP contribution >= 0.6 is 0 Å². The third-order valence-electron chi connectivity index (χ3n) is 1.03. The number of rotatable bonds is 3. The molecule has 6 heteroatoms. The lowest BCUT2D eigenvalue weighted by molar-refractivity contribution is -0.165. The fourth-order valence-corrected chi connectivity index (χ4v) is 0.531. The lowest BCUT2D eigenvalue weighted by atomic mass is 10.2. The molecule has 0 saturated heterocycles. The Bertz CT molecular complexity index is 220. The van der Waals surface area contributed by atoms with Gasteiger partial charge in [-0.3, -0.25) is 4.84 Å². The molecule has 0 aliphatic rings. The fourth-order valence-electron chi connectivity index (χ4n) is 0.531. The van der Waals surface area contributed by atoms with E-state index < -0.39 is 24.3 Å². The van der Waals surface area contributed by atoms with Gasteiger partial charge in [-0.1, -0.05) is 0 Å². The van der Waals surface area contributed by atoms with Crippen LogP contribution in [0.4, 0.5) is 4.79 Å². The van der Waals surface area contributed by atoms with Crippen molar-refractivity contribution in [1.29, 1.82) is 0 Å². The first-order chi connectivity index (χ1) is 6.22. The highest BCUT2D eigenvalue weighted by Crippen LogP contribution is 2.08. The van der Waals surface area contributed by atoms with Gasteiger partial charge in [0.2, 0.25) is 0 Å². The molecule has 1 amide bonds. The molecular formula is C8H15NO5. The van der Waals surface area contributed by atoms with E-state index in [0.29, 0.717) is 0 Å². The molecule has 0 unspecified atom stereocenters. The van der Waals surface area contributed by atoms with E-state index >= 15 is 0 Å². The monoisotopic (exact) mass is 205 g/mol. The summed E-state index contributed by atoms with van der Waals surface area (Å²) in [4.78, 5) is 25.8. The Morgan fingerprint density at radius 3 is 2.21 bits per heavy atom. The highest BCUT2D eigenvalue weighted by Gasteiger charge is 2.20. The SMILES string of the molecule is CN(OCC(=O)O)C(=O)OC(C)(C)C. The van der Waals surface area contributed by atoms with Crippen LogP contribution in [-0.4, -0.2) is 41.5 Å². The van der Waals surface area contributed by atoms with E-state index in [0.717, 1.165) is 5.06 Å². The van der Waals surface area contributed by atoms with E-state index in [9.17, 15) is 9.59 Å². The molecule has 0 saturated carbocycles. The largest absolute Gasteiger partial charge is 0.479 e. The van der Waals surface area contributed by atoms with Gasteiger partial charge in [0.1, 0.15) is 5.60 Å². The van der Waals surface area contributed by atoms with E-state index in [1.807, 2.05) is 0 Å². The third-order valence-corrected chi connectivity index (χ3v) is 1.03. The zero-order valence-electron chi connectivity index (χ0n) is 8.73. The zero-order valence-corrected chi connectivity index (χ0v) is 8.73. The van der Waals surface area contributed by atoms with Gasteiger partial charge in [0.15, 0.2) is 6.61 Å². The molecule has 0 aliphatic heterocycles. The van der Waals surface area contributed by atoms with Gasteiger partial charge in [-0.05, 0) is 20.8 Å². The maximum atomic E-state index is 11.2. The highest BCUT2D eigenvalue weighted by atomic mass is 16.7. The molecule has 0 atom stereocenters. The van der Waals surface area contributed by atoms with E-state index in [4.69, 9.17) is 9.84 Å². The number of hydroxylamine groups is 2. The number of nitrogens with zero attached hydrogens (tertiary/aromatic N) is 1. The summed E-state index contributed by atoms with van der Waals surface area (Å²) in [7, 11) is 1.29. The second-order valence-electron chi connectivity index (χ2n) is 3.64. The predicted molar refractivity (Wildman–Crippen MR) is 47.6 cm³/mol. The van der Waals surface area contributed by atoms with Crippen molar-refractivity contribution in [2.75, 3.05) is 13.7 Å². The summed E-state index contributed by atoms with van der Waals surface area (Å²) in [5.41, 5.74) is -0.627. The van der Waals surface area contributed by atoms with Crippen molar-refractivity contribution in [2.45, 2.75) is 26.4 Å². The number of carboxylic acid groups (broad SMARTS) is 1. The topological polar surface area (TPSA) is 76.1 Å². The van der Waals surface area contributed by atoms with Gasteiger partial charge in [-0.25, -0.2) is 9.59 Å². The zero-order chi connectivity index (χ0) is 11.4. The maximum Gasteiger partial charge on any atom is 0.434 e. The molecule has 0 rings (SSSR count). The van der Waals surface area contributed by atoms with Crippen LogP contribution in [0.15, 0.2) is 0 Å². The minimum Gasteiger partial charge on any atom is -0.479 e. The molecule has 14 heavy (non-hydrogen) atoms. The van der Waals surface area contributed by atoms with Crippen molar-refractivity contribution in [1.82, 2.24) is 5.06 Å². The molecule has 0 heterocycles. The number of carboxylic acids is 1. The smallest absolute Gasteiger partial charge is 0.434 e. The summed E-state index contributed by atoms with van der Waals surface area (Å²) in [6, 6.07) is 0. The molecule has 82 valence electrons. The van der Waals surface area contributed by atoms with Crippen molar-refractivity contribution < 1.29 is 24.3 Å². The van der Waals surface area contributed by atoms with Crippen LogP contribution in [0.5, 0.6) is 0 Å². The van der Waals surface area contributed by atoms with E-state index in [1.165, 1.54) is 7.05 Å². The Hall–Kier alpha value is -1.30. The van der Waals surface area contributed by atoms with E-state index in [-0.39, 0.29) is 0 Å². The van der Waals surface area contributed by atoms with Crippen molar-refractivity contribution in [3.63, 3.8) is 0 Å². The molecule has 0 fully saturated rings. The summed E-state index contributed by atoms with van der Waals surface area (Å²) in [6.45, 7) is 4.54. The first kappa shape index (κ1) is 12.7. The van der Waals surface area contributed by atoms with Crippen LogP contribution in [0, 0.1) is 0 Å². The molecule has 0 aliphatic carbocycles. The van der Waals surface area contributed by atoms with Gasteiger partial charge >= 0.3 is 12.1 Å². The van der Waals surface area contributed by atoms with Gasteiger partial charge in [0.25, 0.3) is 0 Å². The number of hydrogen-bond donors (Lipinski definition) is 1. The second kappa shape index (κ2) is 4.80. The fraction of sp³-hybridized carbons (Fsp3) is 0.750. The van der Waals surface area contributed by atoms with E-state index in [1.54, 1.807) is 20.8 Å². The number of hydrogen-bond acceptors (Lipinski definition) is 4. The lowest BCUT2D eigenvalue weighted by Crippen LogP contribution is -2.35. The molecule has 0 aromatic heterocycles. The Morgan fingerprint density at radius 2 is 1.86 bits per heavy atom. The molecule has 0 radical (unpaired) electrons. The van der Waals surface area contributed by atoms with Crippen LogP contribution in [0.3, 0.4) is 0 Å². The predicted octanol–water partition coefficient (Wildman–Crippen LogP) is 0.869. The van der Waals surface area contributed by atoms with Crippen molar-refractivity contribution in [2.24, 2.45) is 0 Å². The minimum atomic E-state index is -1.15. The van der Waals surface area contributed by atoms with Crippen LogP contribution in [-0.2, 0) is 14.4 Å². The molecule has 0 bridgehead atoms. The normalized spacial score (nSPS) is 10.9. The van der Waals surface area contributed by atoms with Crippen LogP contribution in [0.1, 0.15) is 20.8 Å². The number of aliphatic carboxylic acids is 1.